The third-order valence-electron chi connectivity index (χ3n) is 2.69. The molecule has 0 spiro atoms. The smallest absolute Gasteiger partial charge is 0.252 e. The lowest BCUT2D eigenvalue weighted by Crippen LogP contribution is -2.08. The predicted molar refractivity (Wildman–Crippen MR) is 54.2 cm³/mol. The SMILES string of the molecule is NCCOCc1nc(C2CCCC2)no1. The Morgan fingerprint density at radius 3 is 2.93 bits per heavy atom. The summed E-state index contributed by atoms with van der Waals surface area (Å²) in [6.07, 6.45) is 4.92. The molecule has 1 heterocycles. The van der Waals surface area contributed by atoms with E-state index < -0.39 is 0 Å². The fourth-order valence-corrected chi connectivity index (χ4v) is 1.92. The largest absolute Gasteiger partial charge is 0.370 e. The highest BCUT2D eigenvalue weighted by Gasteiger charge is 2.22. The van der Waals surface area contributed by atoms with Gasteiger partial charge in [0.05, 0.1) is 6.61 Å². The van der Waals surface area contributed by atoms with Crippen molar-refractivity contribution in [2.45, 2.75) is 38.2 Å². The average Bonchev–Trinajstić information content (AvgIpc) is 2.87. The standard InChI is InChI=1S/C10H17N3O2/c11-5-6-14-7-9-12-10(13-15-9)8-3-1-2-4-8/h8H,1-7,11H2. The van der Waals surface area contributed by atoms with Crippen LogP contribution in [-0.2, 0) is 11.3 Å². The van der Waals surface area contributed by atoms with E-state index in [1.54, 1.807) is 0 Å². The van der Waals surface area contributed by atoms with Crippen molar-refractivity contribution in [2.75, 3.05) is 13.2 Å². The topological polar surface area (TPSA) is 74.2 Å². The molecule has 1 aromatic heterocycles. The van der Waals surface area contributed by atoms with E-state index in [1.165, 1.54) is 25.7 Å². The Bertz CT molecular complexity index is 295. The molecule has 0 aromatic carbocycles. The van der Waals surface area contributed by atoms with Crippen molar-refractivity contribution < 1.29 is 9.26 Å². The molecule has 84 valence electrons. The molecular weight excluding hydrogens is 194 g/mol. The first-order valence-corrected chi connectivity index (χ1v) is 5.50. The first-order chi connectivity index (χ1) is 7.40. The summed E-state index contributed by atoms with van der Waals surface area (Å²) in [7, 11) is 0. The van der Waals surface area contributed by atoms with Gasteiger partial charge in [-0.05, 0) is 12.8 Å². The van der Waals surface area contributed by atoms with E-state index in [1.807, 2.05) is 0 Å². The molecule has 1 aliphatic carbocycles. The number of hydrogen-bond donors (Lipinski definition) is 1. The van der Waals surface area contributed by atoms with Crippen LogP contribution in [0.1, 0.15) is 43.3 Å². The molecule has 0 radical (unpaired) electrons. The maximum Gasteiger partial charge on any atom is 0.252 e. The summed E-state index contributed by atoms with van der Waals surface area (Å²) < 4.78 is 10.3. The highest BCUT2D eigenvalue weighted by molar-refractivity contribution is 4.97. The summed E-state index contributed by atoms with van der Waals surface area (Å²) in [4.78, 5) is 4.32. The van der Waals surface area contributed by atoms with Gasteiger partial charge in [0.1, 0.15) is 6.61 Å². The Morgan fingerprint density at radius 1 is 1.40 bits per heavy atom. The molecule has 1 fully saturated rings. The van der Waals surface area contributed by atoms with Crippen molar-refractivity contribution in [3.8, 4) is 0 Å². The van der Waals surface area contributed by atoms with Gasteiger partial charge in [0, 0.05) is 12.5 Å². The van der Waals surface area contributed by atoms with Gasteiger partial charge in [-0.15, -0.1) is 0 Å². The molecule has 0 aliphatic heterocycles. The minimum absolute atomic E-state index is 0.372. The molecule has 1 saturated carbocycles. The minimum Gasteiger partial charge on any atom is -0.370 e. The Kier molecular flexibility index (Phi) is 3.69. The van der Waals surface area contributed by atoms with Crippen LogP contribution >= 0.6 is 0 Å². The van der Waals surface area contributed by atoms with Gasteiger partial charge in [-0.3, -0.25) is 0 Å². The zero-order valence-corrected chi connectivity index (χ0v) is 8.82. The third kappa shape index (κ3) is 2.76. The van der Waals surface area contributed by atoms with Crippen LogP contribution in [0.2, 0.25) is 0 Å². The summed E-state index contributed by atoms with van der Waals surface area (Å²) in [5.74, 6) is 1.90. The molecule has 15 heavy (non-hydrogen) atoms. The summed E-state index contributed by atoms with van der Waals surface area (Å²) in [5.41, 5.74) is 5.31. The van der Waals surface area contributed by atoms with E-state index in [0.717, 1.165) is 5.82 Å². The molecule has 0 amide bonds. The lowest BCUT2D eigenvalue weighted by molar-refractivity contribution is 0.104. The van der Waals surface area contributed by atoms with Crippen molar-refractivity contribution in [3.63, 3.8) is 0 Å². The van der Waals surface area contributed by atoms with Gasteiger partial charge in [0.2, 0.25) is 0 Å². The molecule has 2 rings (SSSR count). The van der Waals surface area contributed by atoms with Crippen molar-refractivity contribution in [2.24, 2.45) is 5.73 Å². The molecule has 5 nitrogen and oxygen atoms in total. The second-order valence-corrected chi connectivity index (χ2v) is 3.87. The molecule has 0 bridgehead atoms. The van der Waals surface area contributed by atoms with Crippen LogP contribution in [0, 0.1) is 0 Å². The Labute approximate surface area is 89.0 Å². The van der Waals surface area contributed by atoms with Gasteiger partial charge < -0.3 is 15.0 Å². The van der Waals surface area contributed by atoms with Gasteiger partial charge >= 0.3 is 0 Å². The van der Waals surface area contributed by atoms with Gasteiger partial charge in [0.25, 0.3) is 5.89 Å². The van der Waals surface area contributed by atoms with E-state index in [9.17, 15) is 0 Å². The summed E-state index contributed by atoms with van der Waals surface area (Å²) >= 11 is 0. The van der Waals surface area contributed by atoms with Crippen LogP contribution in [-0.4, -0.2) is 23.3 Å². The normalized spacial score (nSPS) is 17.4. The van der Waals surface area contributed by atoms with E-state index in [4.69, 9.17) is 15.0 Å². The Morgan fingerprint density at radius 2 is 2.20 bits per heavy atom. The zero-order chi connectivity index (χ0) is 10.5. The zero-order valence-electron chi connectivity index (χ0n) is 8.82. The third-order valence-corrected chi connectivity index (χ3v) is 2.69. The summed E-state index contributed by atoms with van der Waals surface area (Å²) in [6, 6.07) is 0. The van der Waals surface area contributed by atoms with Crippen LogP contribution in [0.15, 0.2) is 4.52 Å². The van der Waals surface area contributed by atoms with Crippen molar-refractivity contribution >= 4 is 0 Å². The lowest BCUT2D eigenvalue weighted by atomic mass is 10.1. The van der Waals surface area contributed by atoms with Gasteiger partial charge in [-0.25, -0.2) is 0 Å². The van der Waals surface area contributed by atoms with E-state index >= 15 is 0 Å². The molecule has 0 atom stereocenters. The van der Waals surface area contributed by atoms with E-state index in [0.29, 0.717) is 31.6 Å². The Hall–Kier alpha value is -0.940. The first kappa shape index (κ1) is 10.6. The molecule has 5 heteroatoms. The van der Waals surface area contributed by atoms with Crippen molar-refractivity contribution in [3.05, 3.63) is 11.7 Å². The molecule has 1 aliphatic rings. The monoisotopic (exact) mass is 211 g/mol. The maximum atomic E-state index is 5.31. The van der Waals surface area contributed by atoms with Crippen LogP contribution < -0.4 is 5.73 Å². The van der Waals surface area contributed by atoms with Gasteiger partial charge in [-0.2, -0.15) is 4.98 Å². The highest BCUT2D eigenvalue weighted by Crippen LogP contribution is 2.32. The summed E-state index contributed by atoms with van der Waals surface area (Å²) in [6.45, 7) is 1.42. The van der Waals surface area contributed by atoms with E-state index in [-0.39, 0.29) is 0 Å². The number of nitrogens with zero attached hydrogens (tertiary/aromatic N) is 2. The molecule has 1 aromatic rings. The predicted octanol–water partition coefficient (Wildman–Crippen LogP) is 1.20. The van der Waals surface area contributed by atoms with E-state index in [2.05, 4.69) is 10.1 Å². The number of hydrogen-bond acceptors (Lipinski definition) is 5. The maximum absolute atomic E-state index is 5.31. The van der Waals surface area contributed by atoms with Crippen LogP contribution in [0.3, 0.4) is 0 Å². The second kappa shape index (κ2) is 5.23. The fraction of sp³-hybridized carbons (Fsp3) is 0.800. The quantitative estimate of drug-likeness (QED) is 0.741. The van der Waals surface area contributed by atoms with Crippen LogP contribution in [0.25, 0.3) is 0 Å². The molecule has 2 N–H and O–H groups in total. The van der Waals surface area contributed by atoms with Crippen molar-refractivity contribution in [1.82, 2.24) is 10.1 Å². The molecule has 0 saturated heterocycles. The minimum atomic E-state index is 0.372. The van der Waals surface area contributed by atoms with Crippen molar-refractivity contribution in [1.29, 1.82) is 0 Å². The number of aromatic nitrogens is 2. The lowest BCUT2D eigenvalue weighted by Gasteiger charge is -1.99. The van der Waals surface area contributed by atoms with Gasteiger partial charge in [-0.1, -0.05) is 18.0 Å². The first-order valence-electron chi connectivity index (χ1n) is 5.50. The van der Waals surface area contributed by atoms with Crippen LogP contribution in [0.4, 0.5) is 0 Å². The molecule has 0 unspecified atom stereocenters. The fourth-order valence-electron chi connectivity index (χ4n) is 1.92. The summed E-state index contributed by atoms with van der Waals surface area (Å²) in [5, 5.41) is 3.98. The number of rotatable bonds is 5. The average molecular weight is 211 g/mol. The second-order valence-electron chi connectivity index (χ2n) is 3.87. The molecular formula is C10H17N3O2. The number of nitrogens with two attached hydrogens (primary N) is 1. The van der Waals surface area contributed by atoms with Gasteiger partial charge in [0.15, 0.2) is 5.82 Å². The van der Waals surface area contributed by atoms with Crippen LogP contribution in [0.5, 0.6) is 0 Å². The Balaban J connectivity index is 1.86. The number of ether oxygens (including phenoxy) is 1. The highest BCUT2D eigenvalue weighted by atomic mass is 16.5.